The van der Waals surface area contributed by atoms with E-state index in [0.717, 1.165) is 24.2 Å². The summed E-state index contributed by atoms with van der Waals surface area (Å²) in [4.78, 5) is 32.9. The van der Waals surface area contributed by atoms with E-state index in [1.807, 2.05) is 6.92 Å². The SMILES string of the molecule is Cc1ccc([N+](=O)[O-])cc1-n1ccc2c(cnc3nc(C4CCCCC4)nn32)c1=O. The third kappa shape index (κ3) is 2.94. The van der Waals surface area contributed by atoms with Crippen LogP contribution >= 0.6 is 0 Å². The molecule has 1 saturated carbocycles. The van der Waals surface area contributed by atoms with Gasteiger partial charge >= 0.3 is 0 Å². The summed E-state index contributed by atoms with van der Waals surface area (Å²) in [5, 5.41) is 16.2. The largest absolute Gasteiger partial charge is 0.283 e. The summed E-state index contributed by atoms with van der Waals surface area (Å²) in [6.45, 7) is 1.81. The zero-order valence-corrected chi connectivity index (χ0v) is 16.5. The Bertz CT molecular complexity index is 1350. The van der Waals surface area contributed by atoms with Crippen LogP contribution in [0.3, 0.4) is 0 Å². The zero-order valence-electron chi connectivity index (χ0n) is 16.5. The van der Waals surface area contributed by atoms with E-state index in [4.69, 9.17) is 0 Å². The third-order valence-electron chi connectivity index (χ3n) is 5.88. The maximum Gasteiger partial charge on any atom is 0.271 e. The Kier molecular flexibility index (Phi) is 4.30. The molecule has 0 aliphatic heterocycles. The maximum absolute atomic E-state index is 13.2. The first-order chi connectivity index (χ1) is 14.5. The molecule has 30 heavy (non-hydrogen) atoms. The van der Waals surface area contributed by atoms with Crippen LogP contribution in [0, 0.1) is 17.0 Å². The molecule has 0 radical (unpaired) electrons. The Morgan fingerprint density at radius 3 is 2.73 bits per heavy atom. The maximum atomic E-state index is 13.2. The van der Waals surface area contributed by atoms with Gasteiger partial charge in [-0.1, -0.05) is 25.3 Å². The van der Waals surface area contributed by atoms with Gasteiger partial charge in [0, 0.05) is 30.4 Å². The molecular weight excluding hydrogens is 384 g/mol. The second-order valence-corrected chi connectivity index (χ2v) is 7.79. The molecule has 0 atom stereocenters. The van der Waals surface area contributed by atoms with Crippen molar-refractivity contribution in [3.05, 3.63) is 68.5 Å². The van der Waals surface area contributed by atoms with Crippen LogP contribution in [-0.2, 0) is 0 Å². The first-order valence-electron chi connectivity index (χ1n) is 10.1. The van der Waals surface area contributed by atoms with E-state index >= 15 is 0 Å². The summed E-state index contributed by atoms with van der Waals surface area (Å²) in [6, 6.07) is 6.26. The van der Waals surface area contributed by atoms with Crippen LogP contribution in [0.25, 0.3) is 22.4 Å². The summed E-state index contributed by atoms with van der Waals surface area (Å²) in [5.74, 6) is 1.60. The van der Waals surface area contributed by atoms with Gasteiger partial charge in [0.1, 0.15) is 0 Å². The van der Waals surface area contributed by atoms with Gasteiger partial charge in [-0.25, -0.2) is 4.98 Å². The third-order valence-corrected chi connectivity index (χ3v) is 5.88. The van der Waals surface area contributed by atoms with Crippen molar-refractivity contribution in [3.8, 4) is 5.69 Å². The summed E-state index contributed by atoms with van der Waals surface area (Å²) < 4.78 is 3.04. The minimum atomic E-state index is -0.470. The van der Waals surface area contributed by atoms with Gasteiger partial charge in [0.2, 0.25) is 0 Å². The molecule has 1 aromatic carbocycles. The van der Waals surface area contributed by atoms with Crippen LogP contribution in [0.4, 0.5) is 5.69 Å². The van der Waals surface area contributed by atoms with Crippen LogP contribution in [0.2, 0.25) is 0 Å². The quantitative estimate of drug-likeness (QED) is 0.381. The van der Waals surface area contributed by atoms with E-state index in [9.17, 15) is 14.9 Å². The number of fused-ring (bicyclic) bond motifs is 3. The van der Waals surface area contributed by atoms with Gasteiger partial charge in [-0.3, -0.25) is 19.5 Å². The first kappa shape index (κ1) is 18.4. The number of hydrogen-bond donors (Lipinski definition) is 0. The van der Waals surface area contributed by atoms with Crippen molar-refractivity contribution in [2.45, 2.75) is 44.9 Å². The van der Waals surface area contributed by atoms with Crippen molar-refractivity contribution in [1.29, 1.82) is 0 Å². The average Bonchev–Trinajstić information content (AvgIpc) is 3.20. The van der Waals surface area contributed by atoms with Crippen molar-refractivity contribution in [1.82, 2.24) is 24.1 Å². The van der Waals surface area contributed by atoms with E-state index in [1.54, 1.807) is 22.8 Å². The van der Waals surface area contributed by atoms with Gasteiger partial charge in [0.25, 0.3) is 17.0 Å². The molecule has 1 fully saturated rings. The van der Waals surface area contributed by atoms with Crippen LogP contribution in [0.5, 0.6) is 0 Å². The van der Waals surface area contributed by atoms with Gasteiger partial charge in [-0.15, -0.1) is 5.10 Å². The van der Waals surface area contributed by atoms with Gasteiger partial charge in [-0.05, 0) is 31.4 Å². The lowest BCUT2D eigenvalue weighted by atomic mass is 9.89. The molecule has 3 aromatic heterocycles. The molecule has 9 heteroatoms. The Hall–Kier alpha value is -3.62. The number of nitro benzene ring substituents is 1. The lowest BCUT2D eigenvalue weighted by Gasteiger charge is -2.17. The topological polar surface area (TPSA) is 108 Å². The number of nitro groups is 1. The molecule has 152 valence electrons. The molecule has 0 N–H and O–H groups in total. The van der Waals surface area contributed by atoms with Crippen LogP contribution in [0.1, 0.15) is 49.4 Å². The molecule has 0 amide bonds. The number of aromatic nitrogens is 5. The first-order valence-corrected chi connectivity index (χ1v) is 10.1. The highest BCUT2D eigenvalue weighted by molar-refractivity contribution is 5.79. The van der Waals surface area contributed by atoms with Gasteiger partial charge in [0.05, 0.1) is 21.5 Å². The number of rotatable bonds is 3. The second-order valence-electron chi connectivity index (χ2n) is 7.79. The Balaban J connectivity index is 1.66. The van der Waals surface area contributed by atoms with Crippen LogP contribution in [-0.4, -0.2) is 29.1 Å². The Morgan fingerprint density at radius 1 is 1.17 bits per heavy atom. The monoisotopic (exact) mass is 404 g/mol. The fraction of sp³-hybridized carbons (Fsp3) is 0.333. The van der Waals surface area contributed by atoms with Gasteiger partial charge in [0.15, 0.2) is 5.82 Å². The zero-order chi connectivity index (χ0) is 20.8. The summed E-state index contributed by atoms with van der Waals surface area (Å²) >= 11 is 0. The average molecular weight is 404 g/mol. The predicted molar refractivity (Wildman–Crippen MR) is 111 cm³/mol. The van der Waals surface area contributed by atoms with E-state index in [0.29, 0.717) is 28.3 Å². The summed E-state index contributed by atoms with van der Waals surface area (Å²) in [7, 11) is 0. The van der Waals surface area contributed by atoms with Crippen molar-refractivity contribution in [3.63, 3.8) is 0 Å². The minimum Gasteiger partial charge on any atom is -0.283 e. The van der Waals surface area contributed by atoms with Crippen molar-refractivity contribution in [2.75, 3.05) is 0 Å². The van der Waals surface area contributed by atoms with Crippen LogP contribution < -0.4 is 5.56 Å². The van der Waals surface area contributed by atoms with Gasteiger partial charge in [-0.2, -0.15) is 9.50 Å². The number of hydrogen-bond acceptors (Lipinski definition) is 6. The fourth-order valence-corrected chi connectivity index (χ4v) is 4.23. The van der Waals surface area contributed by atoms with Gasteiger partial charge < -0.3 is 0 Å². The lowest BCUT2D eigenvalue weighted by Crippen LogP contribution is -2.19. The second kappa shape index (κ2) is 7.01. The van der Waals surface area contributed by atoms with E-state index < -0.39 is 4.92 Å². The molecule has 4 aromatic rings. The molecule has 5 rings (SSSR count). The molecule has 0 saturated heterocycles. The minimum absolute atomic E-state index is 0.0652. The van der Waals surface area contributed by atoms with E-state index in [2.05, 4.69) is 15.1 Å². The van der Waals surface area contributed by atoms with E-state index in [1.165, 1.54) is 42.2 Å². The predicted octanol–water partition coefficient (Wildman–Crippen LogP) is 3.69. The molecule has 0 bridgehead atoms. The molecule has 0 unspecified atom stereocenters. The number of pyridine rings is 1. The molecule has 1 aliphatic rings. The lowest BCUT2D eigenvalue weighted by molar-refractivity contribution is -0.384. The summed E-state index contributed by atoms with van der Waals surface area (Å²) in [5.41, 5.74) is 1.48. The molecular formula is C21H20N6O3. The van der Waals surface area contributed by atoms with Crippen molar-refractivity contribution >= 4 is 22.4 Å². The number of benzene rings is 1. The highest BCUT2D eigenvalue weighted by Crippen LogP contribution is 2.31. The fourth-order valence-electron chi connectivity index (χ4n) is 4.23. The highest BCUT2D eigenvalue weighted by atomic mass is 16.6. The normalized spacial score (nSPS) is 15.1. The standard InChI is InChI=1S/C21H20N6O3/c1-13-7-8-15(27(29)30)11-18(13)25-10-9-17-16(20(25)28)12-22-21-23-19(24-26(17)21)14-5-3-2-4-6-14/h7-12,14H,2-6H2,1H3. The smallest absolute Gasteiger partial charge is 0.271 e. The molecule has 3 heterocycles. The number of non-ortho nitro benzene ring substituents is 1. The Labute approximate surface area is 171 Å². The molecule has 0 spiro atoms. The van der Waals surface area contributed by atoms with Crippen LogP contribution in [0.15, 0.2) is 41.5 Å². The molecule has 9 nitrogen and oxygen atoms in total. The number of nitrogens with zero attached hydrogens (tertiary/aromatic N) is 6. The summed E-state index contributed by atoms with van der Waals surface area (Å²) in [6.07, 6.45) is 8.90. The van der Waals surface area contributed by atoms with Crippen molar-refractivity contribution < 1.29 is 4.92 Å². The Morgan fingerprint density at radius 2 is 1.97 bits per heavy atom. The number of aryl methyl sites for hydroxylation is 1. The van der Waals surface area contributed by atoms with E-state index in [-0.39, 0.29) is 11.2 Å². The highest BCUT2D eigenvalue weighted by Gasteiger charge is 2.21. The van der Waals surface area contributed by atoms with Crippen molar-refractivity contribution in [2.24, 2.45) is 0 Å². The molecule has 1 aliphatic carbocycles.